The predicted molar refractivity (Wildman–Crippen MR) is 38.8 cm³/mol. The van der Waals surface area contributed by atoms with Gasteiger partial charge in [-0.05, 0) is 19.3 Å². The molecule has 1 saturated heterocycles. The largest absolute Gasteiger partial charge is 0.361 e. The van der Waals surface area contributed by atoms with Crippen LogP contribution in [0.3, 0.4) is 0 Å². The van der Waals surface area contributed by atoms with Crippen LogP contribution in [-0.2, 0) is 0 Å². The van der Waals surface area contributed by atoms with Gasteiger partial charge in [0, 0.05) is 13.1 Å². The third kappa shape index (κ3) is 1.44. The van der Waals surface area contributed by atoms with Crippen molar-refractivity contribution >= 4 is 5.84 Å². The topological polar surface area (TPSA) is 27.1 Å². The molecule has 0 aromatic heterocycles. The van der Waals surface area contributed by atoms with Gasteiger partial charge in [0.1, 0.15) is 0 Å². The Bertz CT molecular complexity index is 120. The second kappa shape index (κ2) is 2.38. The summed E-state index contributed by atoms with van der Waals surface area (Å²) in [5.41, 5.74) is 0. The first-order valence-electron chi connectivity index (χ1n) is 3.50. The number of nitrogens with one attached hydrogen (secondary N) is 1. The van der Waals surface area contributed by atoms with E-state index in [-0.39, 0.29) is 0 Å². The van der Waals surface area contributed by atoms with Crippen LogP contribution in [0.15, 0.2) is 0 Å². The zero-order chi connectivity index (χ0) is 6.85. The Labute approximate surface area is 56.4 Å². The molecule has 0 spiro atoms. The fraction of sp³-hybridized carbons (Fsp3) is 0.857. The van der Waals surface area contributed by atoms with E-state index in [9.17, 15) is 0 Å². The molecule has 9 heavy (non-hydrogen) atoms. The minimum Gasteiger partial charge on any atom is -0.361 e. The molecule has 1 heterocycles. The van der Waals surface area contributed by atoms with Crippen molar-refractivity contribution in [2.45, 2.75) is 20.3 Å². The molecule has 2 nitrogen and oxygen atoms in total. The van der Waals surface area contributed by atoms with Crippen LogP contribution in [-0.4, -0.2) is 23.8 Å². The van der Waals surface area contributed by atoms with Crippen LogP contribution in [0.25, 0.3) is 0 Å². The summed E-state index contributed by atoms with van der Waals surface area (Å²) >= 11 is 0. The van der Waals surface area contributed by atoms with Gasteiger partial charge in [-0.15, -0.1) is 0 Å². The lowest BCUT2D eigenvalue weighted by Crippen LogP contribution is -2.24. The fourth-order valence-electron chi connectivity index (χ4n) is 1.24. The van der Waals surface area contributed by atoms with E-state index in [1.807, 2.05) is 6.92 Å². The van der Waals surface area contributed by atoms with Crippen molar-refractivity contribution in [3.8, 4) is 0 Å². The Balaban J connectivity index is 2.39. The highest BCUT2D eigenvalue weighted by atomic mass is 15.2. The third-order valence-corrected chi connectivity index (χ3v) is 1.90. The van der Waals surface area contributed by atoms with Crippen LogP contribution in [0.4, 0.5) is 0 Å². The molecule has 2 heteroatoms. The molecular formula is C7H14N2. The Morgan fingerprint density at radius 3 is 2.56 bits per heavy atom. The molecule has 0 radical (unpaired) electrons. The quantitative estimate of drug-likeness (QED) is 0.384. The SMILES string of the molecule is CC(=N)N1CC[C@H](C)C1. The summed E-state index contributed by atoms with van der Waals surface area (Å²) in [6, 6.07) is 0. The van der Waals surface area contributed by atoms with Gasteiger partial charge in [-0.2, -0.15) is 0 Å². The summed E-state index contributed by atoms with van der Waals surface area (Å²) in [6.07, 6.45) is 1.26. The second-order valence-electron chi connectivity index (χ2n) is 2.93. The first-order chi connectivity index (χ1) is 4.20. The molecule has 0 unspecified atom stereocenters. The average molecular weight is 126 g/mol. The molecule has 1 aliphatic rings. The number of amidine groups is 1. The first kappa shape index (κ1) is 6.59. The normalized spacial score (nSPS) is 26.9. The minimum absolute atomic E-state index is 0.722. The van der Waals surface area contributed by atoms with E-state index in [0.29, 0.717) is 0 Å². The van der Waals surface area contributed by atoms with Gasteiger partial charge in [-0.3, -0.25) is 5.41 Å². The zero-order valence-corrected chi connectivity index (χ0v) is 6.15. The maximum absolute atomic E-state index is 7.31. The Morgan fingerprint density at radius 1 is 1.67 bits per heavy atom. The zero-order valence-electron chi connectivity index (χ0n) is 6.15. The number of likely N-dealkylation sites (tertiary alicyclic amines) is 1. The number of nitrogens with zero attached hydrogens (tertiary/aromatic N) is 1. The number of rotatable bonds is 0. The number of hydrogen-bond donors (Lipinski definition) is 1. The van der Waals surface area contributed by atoms with Gasteiger partial charge in [0.15, 0.2) is 0 Å². The van der Waals surface area contributed by atoms with Crippen molar-refractivity contribution in [2.24, 2.45) is 5.92 Å². The van der Waals surface area contributed by atoms with Gasteiger partial charge in [0.25, 0.3) is 0 Å². The molecule has 0 bridgehead atoms. The molecule has 52 valence electrons. The molecule has 0 saturated carbocycles. The van der Waals surface area contributed by atoms with Crippen LogP contribution < -0.4 is 0 Å². The molecule has 0 aliphatic carbocycles. The lowest BCUT2D eigenvalue weighted by Gasteiger charge is -2.14. The summed E-state index contributed by atoms with van der Waals surface area (Å²) < 4.78 is 0. The average Bonchev–Trinajstić information content (AvgIpc) is 2.14. The van der Waals surface area contributed by atoms with Crippen molar-refractivity contribution in [1.82, 2.24) is 4.90 Å². The lowest BCUT2D eigenvalue weighted by molar-refractivity contribution is 0.488. The summed E-state index contributed by atoms with van der Waals surface area (Å²) in [5, 5.41) is 7.31. The first-order valence-corrected chi connectivity index (χ1v) is 3.50. The Morgan fingerprint density at radius 2 is 2.33 bits per heavy atom. The van der Waals surface area contributed by atoms with Crippen LogP contribution >= 0.6 is 0 Å². The third-order valence-electron chi connectivity index (χ3n) is 1.90. The maximum Gasteiger partial charge on any atom is 0.0925 e. The standard InChI is InChI=1S/C7H14N2/c1-6-3-4-9(5-6)7(2)8/h6,8H,3-5H2,1-2H3/t6-/m0/s1. The van der Waals surface area contributed by atoms with Crippen LogP contribution in [0.5, 0.6) is 0 Å². The van der Waals surface area contributed by atoms with Gasteiger partial charge in [0.05, 0.1) is 5.84 Å². The highest BCUT2D eigenvalue weighted by molar-refractivity contribution is 5.76. The van der Waals surface area contributed by atoms with Gasteiger partial charge < -0.3 is 4.90 Å². The van der Waals surface area contributed by atoms with E-state index < -0.39 is 0 Å². The molecule has 1 N–H and O–H groups in total. The van der Waals surface area contributed by atoms with Crippen molar-refractivity contribution in [1.29, 1.82) is 5.41 Å². The van der Waals surface area contributed by atoms with E-state index in [4.69, 9.17) is 5.41 Å². The van der Waals surface area contributed by atoms with E-state index >= 15 is 0 Å². The summed E-state index contributed by atoms with van der Waals surface area (Å²) in [7, 11) is 0. The van der Waals surface area contributed by atoms with E-state index in [0.717, 1.165) is 24.8 Å². The predicted octanol–water partition coefficient (Wildman–Crippen LogP) is 1.33. The smallest absolute Gasteiger partial charge is 0.0925 e. The van der Waals surface area contributed by atoms with Crippen molar-refractivity contribution < 1.29 is 0 Å². The summed E-state index contributed by atoms with van der Waals surface area (Å²) in [6.45, 7) is 6.28. The second-order valence-corrected chi connectivity index (χ2v) is 2.93. The Hall–Kier alpha value is -0.530. The van der Waals surface area contributed by atoms with E-state index in [1.54, 1.807) is 0 Å². The molecule has 1 aliphatic heterocycles. The molecule has 1 fully saturated rings. The number of hydrogen-bond acceptors (Lipinski definition) is 1. The van der Waals surface area contributed by atoms with E-state index in [2.05, 4.69) is 11.8 Å². The highest BCUT2D eigenvalue weighted by Gasteiger charge is 2.17. The fourth-order valence-corrected chi connectivity index (χ4v) is 1.24. The molecule has 1 atom stereocenters. The van der Waals surface area contributed by atoms with Gasteiger partial charge in [-0.25, -0.2) is 0 Å². The minimum atomic E-state index is 0.722. The van der Waals surface area contributed by atoms with Crippen molar-refractivity contribution in [3.05, 3.63) is 0 Å². The van der Waals surface area contributed by atoms with Crippen molar-refractivity contribution in [3.63, 3.8) is 0 Å². The van der Waals surface area contributed by atoms with Crippen LogP contribution in [0.2, 0.25) is 0 Å². The molecule has 1 rings (SSSR count). The summed E-state index contributed by atoms with van der Waals surface area (Å²) in [5.74, 6) is 1.52. The monoisotopic (exact) mass is 126 g/mol. The van der Waals surface area contributed by atoms with Crippen LogP contribution in [0.1, 0.15) is 20.3 Å². The lowest BCUT2D eigenvalue weighted by atomic mass is 10.2. The van der Waals surface area contributed by atoms with Gasteiger partial charge >= 0.3 is 0 Å². The van der Waals surface area contributed by atoms with Crippen molar-refractivity contribution in [2.75, 3.05) is 13.1 Å². The maximum atomic E-state index is 7.31. The van der Waals surface area contributed by atoms with Gasteiger partial charge in [-0.1, -0.05) is 6.92 Å². The van der Waals surface area contributed by atoms with Crippen LogP contribution in [0, 0.1) is 11.3 Å². The highest BCUT2D eigenvalue weighted by Crippen LogP contribution is 2.14. The molecule has 0 aromatic rings. The Kier molecular flexibility index (Phi) is 1.74. The van der Waals surface area contributed by atoms with E-state index in [1.165, 1.54) is 6.42 Å². The molecular weight excluding hydrogens is 112 g/mol. The summed E-state index contributed by atoms with van der Waals surface area (Å²) in [4.78, 5) is 2.13. The molecule has 0 amide bonds. The molecule has 0 aromatic carbocycles. The van der Waals surface area contributed by atoms with Gasteiger partial charge in [0.2, 0.25) is 0 Å².